The second-order valence-electron chi connectivity index (χ2n) is 6.78. The van der Waals surface area contributed by atoms with Crippen molar-refractivity contribution in [3.8, 4) is 28.6 Å². The molecular formula is C24H23N3O3. The molecule has 2 aromatic carbocycles. The van der Waals surface area contributed by atoms with E-state index in [9.17, 15) is 5.11 Å². The van der Waals surface area contributed by atoms with Gasteiger partial charge in [0.15, 0.2) is 17.4 Å². The Morgan fingerprint density at radius 2 is 1.77 bits per heavy atom. The van der Waals surface area contributed by atoms with Crippen molar-refractivity contribution in [3.05, 3.63) is 66.4 Å². The number of aromatic nitrogens is 2. The molecule has 0 aliphatic rings. The van der Waals surface area contributed by atoms with Crippen LogP contribution in [0.15, 0.2) is 65.8 Å². The standard InChI is InChI=1S/C24H23N3O3/c1-4-18(26-16-10-8-15(9-11-16)19-7-5-6-12-25-19)23-17-13-21(29-2)22(30-3)14-20(17)27-24(23)28/h5-14,27-28H,4H2,1-3H3. The molecule has 2 aromatic heterocycles. The molecule has 2 heterocycles. The Morgan fingerprint density at radius 1 is 1.03 bits per heavy atom. The van der Waals surface area contributed by atoms with Crippen LogP contribution in [0.4, 0.5) is 5.69 Å². The van der Waals surface area contributed by atoms with Crippen LogP contribution in [-0.4, -0.2) is 35.0 Å². The lowest BCUT2D eigenvalue weighted by atomic mass is 10.0. The Balaban J connectivity index is 1.76. The van der Waals surface area contributed by atoms with Crippen molar-refractivity contribution >= 4 is 22.3 Å². The summed E-state index contributed by atoms with van der Waals surface area (Å²) < 4.78 is 10.8. The molecule has 6 heteroatoms. The Bertz CT molecular complexity index is 1200. The SMILES string of the molecule is CCC(=Nc1ccc(-c2ccccn2)cc1)c1c(O)[nH]c2cc(OC)c(OC)cc12. The lowest BCUT2D eigenvalue weighted by molar-refractivity contribution is 0.356. The molecule has 6 nitrogen and oxygen atoms in total. The number of fused-ring (bicyclic) bond motifs is 1. The second kappa shape index (κ2) is 8.29. The molecule has 0 bridgehead atoms. The molecule has 0 saturated heterocycles. The second-order valence-corrected chi connectivity index (χ2v) is 6.78. The third kappa shape index (κ3) is 3.59. The number of aromatic amines is 1. The summed E-state index contributed by atoms with van der Waals surface area (Å²) in [7, 11) is 3.18. The smallest absolute Gasteiger partial charge is 0.198 e. The predicted molar refractivity (Wildman–Crippen MR) is 119 cm³/mol. The van der Waals surface area contributed by atoms with Gasteiger partial charge in [-0.1, -0.05) is 25.1 Å². The lowest BCUT2D eigenvalue weighted by Gasteiger charge is -2.09. The summed E-state index contributed by atoms with van der Waals surface area (Å²) in [6.07, 6.45) is 2.43. The van der Waals surface area contributed by atoms with Crippen molar-refractivity contribution in [2.24, 2.45) is 4.99 Å². The Kier molecular flexibility index (Phi) is 5.39. The Hall–Kier alpha value is -3.80. The predicted octanol–water partition coefficient (Wildman–Crippen LogP) is 5.48. The van der Waals surface area contributed by atoms with E-state index in [1.54, 1.807) is 20.4 Å². The first-order valence-corrected chi connectivity index (χ1v) is 9.70. The van der Waals surface area contributed by atoms with Crippen molar-refractivity contribution in [1.29, 1.82) is 0 Å². The van der Waals surface area contributed by atoms with Gasteiger partial charge in [-0.25, -0.2) is 0 Å². The number of ether oxygens (including phenoxy) is 2. The van der Waals surface area contributed by atoms with E-state index in [-0.39, 0.29) is 5.88 Å². The quantitative estimate of drug-likeness (QED) is 0.419. The van der Waals surface area contributed by atoms with E-state index in [2.05, 4.69) is 9.97 Å². The number of nitrogens with one attached hydrogen (secondary N) is 1. The third-order valence-electron chi connectivity index (χ3n) is 5.00. The highest BCUT2D eigenvalue weighted by Gasteiger charge is 2.18. The first kappa shape index (κ1) is 19.5. The molecule has 0 amide bonds. The van der Waals surface area contributed by atoms with Gasteiger partial charge >= 0.3 is 0 Å². The summed E-state index contributed by atoms with van der Waals surface area (Å²) in [6, 6.07) is 17.4. The van der Waals surface area contributed by atoms with Gasteiger partial charge in [0.1, 0.15) is 0 Å². The number of hydrogen-bond donors (Lipinski definition) is 2. The fourth-order valence-electron chi connectivity index (χ4n) is 3.51. The van der Waals surface area contributed by atoms with Crippen LogP contribution >= 0.6 is 0 Å². The number of aliphatic imine (C=N–C) groups is 1. The first-order chi connectivity index (χ1) is 14.6. The summed E-state index contributed by atoms with van der Waals surface area (Å²) in [5.74, 6) is 1.27. The molecule has 0 fully saturated rings. The van der Waals surface area contributed by atoms with Gasteiger partial charge in [0.25, 0.3) is 0 Å². The molecule has 4 aromatic rings. The van der Waals surface area contributed by atoms with Gasteiger partial charge in [0, 0.05) is 23.2 Å². The molecule has 0 radical (unpaired) electrons. The fraction of sp³-hybridized carbons (Fsp3) is 0.167. The number of benzene rings is 2. The number of hydrogen-bond acceptors (Lipinski definition) is 5. The van der Waals surface area contributed by atoms with Gasteiger partial charge < -0.3 is 19.6 Å². The maximum atomic E-state index is 10.6. The third-order valence-corrected chi connectivity index (χ3v) is 5.00. The van der Waals surface area contributed by atoms with Crippen LogP contribution in [-0.2, 0) is 0 Å². The minimum Gasteiger partial charge on any atom is -0.494 e. The molecule has 0 spiro atoms. The van der Waals surface area contributed by atoms with Crippen molar-refractivity contribution in [2.45, 2.75) is 13.3 Å². The minimum atomic E-state index is 0.0750. The van der Waals surface area contributed by atoms with Crippen molar-refractivity contribution in [3.63, 3.8) is 0 Å². The van der Waals surface area contributed by atoms with Crippen LogP contribution in [0, 0.1) is 0 Å². The summed E-state index contributed by atoms with van der Waals surface area (Å²) in [5, 5.41) is 11.4. The molecular weight excluding hydrogens is 378 g/mol. The number of pyridine rings is 1. The monoisotopic (exact) mass is 401 g/mol. The highest BCUT2D eigenvalue weighted by atomic mass is 16.5. The average molecular weight is 401 g/mol. The molecule has 0 unspecified atom stereocenters. The van der Waals surface area contributed by atoms with Crippen molar-refractivity contribution in [1.82, 2.24) is 9.97 Å². The molecule has 30 heavy (non-hydrogen) atoms. The topological polar surface area (TPSA) is 79.7 Å². The Labute approximate surface area is 174 Å². The minimum absolute atomic E-state index is 0.0750. The van der Waals surface area contributed by atoms with Crippen LogP contribution in [0.5, 0.6) is 17.4 Å². The molecule has 0 atom stereocenters. The average Bonchev–Trinajstić information content (AvgIpc) is 3.12. The van der Waals surface area contributed by atoms with Crippen LogP contribution < -0.4 is 9.47 Å². The molecule has 0 saturated carbocycles. The van der Waals surface area contributed by atoms with E-state index < -0.39 is 0 Å². The van der Waals surface area contributed by atoms with Crippen LogP contribution in [0.2, 0.25) is 0 Å². The number of H-pyrrole nitrogens is 1. The van der Waals surface area contributed by atoms with Gasteiger partial charge in [-0.15, -0.1) is 0 Å². The van der Waals surface area contributed by atoms with E-state index in [4.69, 9.17) is 14.5 Å². The highest BCUT2D eigenvalue weighted by molar-refractivity contribution is 6.14. The maximum Gasteiger partial charge on any atom is 0.198 e. The largest absolute Gasteiger partial charge is 0.494 e. The van der Waals surface area contributed by atoms with Gasteiger partial charge in [0.05, 0.1) is 42.4 Å². The maximum absolute atomic E-state index is 10.6. The summed E-state index contributed by atoms with van der Waals surface area (Å²) in [6.45, 7) is 2.01. The molecule has 2 N–H and O–H groups in total. The summed E-state index contributed by atoms with van der Waals surface area (Å²) in [4.78, 5) is 12.2. The zero-order chi connectivity index (χ0) is 21.1. The van der Waals surface area contributed by atoms with E-state index in [1.165, 1.54) is 0 Å². The fourth-order valence-corrected chi connectivity index (χ4v) is 3.51. The molecule has 0 aliphatic heterocycles. The number of aromatic hydroxyl groups is 1. The van der Waals surface area contributed by atoms with Crippen LogP contribution in [0.1, 0.15) is 18.9 Å². The van der Waals surface area contributed by atoms with E-state index in [1.807, 2.05) is 61.5 Å². The van der Waals surface area contributed by atoms with Crippen molar-refractivity contribution < 1.29 is 14.6 Å². The van der Waals surface area contributed by atoms with E-state index in [0.29, 0.717) is 23.5 Å². The Morgan fingerprint density at radius 3 is 2.40 bits per heavy atom. The van der Waals surface area contributed by atoms with E-state index in [0.717, 1.165) is 33.6 Å². The van der Waals surface area contributed by atoms with Gasteiger partial charge in [0.2, 0.25) is 0 Å². The van der Waals surface area contributed by atoms with Crippen LogP contribution in [0.25, 0.3) is 22.2 Å². The number of rotatable bonds is 6. The van der Waals surface area contributed by atoms with Crippen LogP contribution in [0.3, 0.4) is 0 Å². The highest BCUT2D eigenvalue weighted by Crippen LogP contribution is 2.37. The lowest BCUT2D eigenvalue weighted by Crippen LogP contribution is -1.98. The normalized spacial score (nSPS) is 11.6. The van der Waals surface area contributed by atoms with Gasteiger partial charge in [-0.3, -0.25) is 9.98 Å². The molecule has 4 rings (SSSR count). The van der Waals surface area contributed by atoms with E-state index >= 15 is 0 Å². The summed E-state index contributed by atoms with van der Waals surface area (Å²) >= 11 is 0. The first-order valence-electron chi connectivity index (χ1n) is 9.70. The zero-order valence-electron chi connectivity index (χ0n) is 17.1. The zero-order valence-corrected chi connectivity index (χ0v) is 17.1. The van der Waals surface area contributed by atoms with Gasteiger partial charge in [-0.05, 0) is 36.8 Å². The van der Waals surface area contributed by atoms with Gasteiger partial charge in [-0.2, -0.15) is 0 Å². The number of methoxy groups -OCH3 is 2. The molecule has 0 aliphatic carbocycles. The summed E-state index contributed by atoms with van der Waals surface area (Å²) in [5.41, 5.74) is 4.95. The molecule has 152 valence electrons. The van der Waals surface area contributed by atoms with Crippen molar-refractivity contribution in [2.75, 3.05) is 14.2 Å². The number of nitrogens with zero attached hydrogens (tertiary/aromatic N) is 2.